The quantitative estimate of drug-likeness (QED) is 0.905. The van der Waals surface area contributed by atoms with Crippen LogP contribution in [0.25, 0.3) is 0 Å². The number of rotatable bonds is 4. The highest BCUT2D eigenvalue weighted by molar-refractivity contribution is 5.45. The van der Waals surface area contributed by atoms with Crippen LogP contribution in [0.4, 0.5) is 5.69 Å². The molecule has 4 heteroatoms. The maximum absolute atomic E-state index is 10.3. The first kappa shape index (κ1) is 14.3. The molecule has 0 bridgehead atoms. The molecular formula is C15H24N2O2. The van der Waals surface area contributed by atoms with Crippen LogP contribution in [0.15, 0.2) is 18.3 Å². The second-order valence-corrected chi connectivity index (χ2v) is 5.74. The van der Waals surface area contributed by atoms with Gasteiger partial charge in [0.1, 0.15) is 0 Å². The standard InChI is InChI=1S/C15H24N2O2/c1-12(2)14-5-4-13(10-16-14)17-8-6-15(18,7-9-17)11-19-3/h4-5,10,12,18H,6-9,11H2,1-3H3. The molecule has 1 aromatic rings. The van der Waals surface area contributed by atoms with E-state index in [0.29, 0.717) is 12.5 Å². The Kier molecular flexibility index (Phi) is 4.42. The lowest BCUT2D eigenvalue weighted by atomic mass is 9.92. The fraction of sp³-hybridized carbons (Fsp3) is 0.667. The van der Waals surface area contributed by atoms with Crippen molar-refractivity contribution in [2.45, 2.75) is 38.2 Å². The van der Waals surface area contributed by atoms with E-state index >= 15 is 0 Å². The van der Waals surface area contributed by atoms with E-state index in [9.17, 15) is 5.11 Å². The van der Waals surface area contributed by atoms with E-state index in [1.807, 2.05) is 6.20 Å². The number of nitrogens with zero attached hydrogens (tertiary/aromatic N) is 2. The first-order chi connectivity index (χ1) is 9.04. The van der Waals surface area contributed by atoms with Gasteiger partial charge in [-0.15, -0.1) is 0 Å². The fourth-order valence-corrected chi connectivity index (χ4v) is 2.52. The molecule has 1 fully saturated rings. The number of ether oxygens (including phenoxy) is 1. The minimum Gasteiger partial charge on any atom is -0.387 e. The normalized spacial score (nSPS) is 18.9. The Labute approximate surface area is 115 Å². The van der Waals surface area contributed by atoms with E-state index in [2.05, 4.69) is 35.9 Å². The van der Waals surface area contributed by atoms with Crippen LogP contribution in [0.1, 0.15) is 38.3 Å². The highest BCUT2D eigenvalue weighted by Crippen LogP contribution is 2.26. The predicted octanol–water partition coefficient (Wildman–Crippen LogP) is 2.18. The van der Waals surface area contributed by atoms with Crippen LogP contribution in [-0.4, -0.2) is 42.5 Å². The summed E-state index contributed by atoms with van der Waals surface area (Å²) < 4.78 is 5.09. The first-order valence-corrected chi connectivity index (χ1v) is 6.96. The van der Waals surface area contributed by atoms with Gasteiger partial charge >= 0.3 is 0 Å². The van der Waals surface area contributed by atoms with E-state index in [4.69, 9.17) is 4.74 Å². The number of anilines is 1. The number of hydrogen-bond donors (Lipinski definition) is 1. The van der Waals surface area contributed by atoms with Crippen molar-refractivity contribution in [3.63, 3.8) is 0 Å². The Morgan fingerprint density at radius 1 is 1.37 bits per heavy atom. The number of aliphatic hydroxyl groups is 1. The molecule has 1 aliphatic rings. The summed E-state index contributed by atoms with van der Waals surface area (Å²) in [7, 11) is 1.64. The summed E-state index contributed by atoms with van der Waals surface area (Å²) in [5.41, 5.74) is 1.61. The Bertz CT molecular complexity index is 395. The molecule has 0 unspecified atom stereocenters. The van der Waals surface area contributed by atoms with Crippen LogP contribution in [0.2, 0.25) is 0 Å². The third-order valence-corrected chi connectivity index (χ3v) is 3.83. The molecule has 0 aromatic carbocycles. The lowest BCUT2D eigenvalue weighted by Gasteiger charge is -2.38. The van der Waals surface area contributed by atoms with Crippen molar-refractivity contribution >= 4 is 5.69 Å². The van der Waals surface area contributed by atoms with Crippen molar-refractivity contribution in [3.8, 4) is 0 Å². The van der Waals surface area contributed by atoms with Crippen LogP contribution in [-0.2, 0) is 4.74 Å². The smallest absolute Gasteiger partial charge is 0.0913 e. The Hall–Kier alpha value is -1.13. The molecule has 0 atom stereocenters. The van der Waals surface area contributed by atoms with Crippen molar-refractivity contribution in [3.05, 3.63) is 24.0 Å². The van der Waals surface area contributed by atoms with Gasteiger partial charge in [0.05, 0.1) is 24.1 Å². The first-order valence-electron chi connectivity index (χ1n) is 6.96. The predicted molar refractivity (Wildman–Crippen MR) is 76.6 cm³/mol. The van der Waals surface area contributed by atoms with E-state index in [1.165, 1.54) is 0 Å². The third kappa shape index (κ3) is 3.45. The molecule has 1 aliphatic heterocycles. The summed E-state index contributed by atoms with van der Waals surface area (Å²) in [5.74, 6) is 0.460. The molecule has 0 spiro atoms. The Morgan fingerprint density at radius 2 is 2.05 bits per heavy atom. The minimum atomic E-state index is -0.656. The molecule has 4 nitrogen and oxygen atoms in total. The SMILES string of the molecule is COCC1(O)CCN(c2ccc(C(C)C)nc2)CC1. The van der Waals surface area contributed by atoms with Gasteiger partial charge in [0.15, 0.2) is 0 Å². The number of aromatic nitrogens is 1. The summed E-state index contributed by atoms with van der Waals surface area (Å²) in [6, 6.07) is 4.22. The van der Waals surface area contributed by atoms with E-state index in [1.54, 1.807) is 7.11 Å². The Morgan fingerprint density at radius 3 is 2.53 bits per heavy atom. The van der Waals surface area contributed by atoms with Crippen LogP contribution < -0.4 is 4.90 Å². The maximum atomic E-state index is 10.3. The number of methoxy groups -OCH3 is 1. The topological polar surface area (TPSA) is 45.6 Å². The van der Waals surface area contributed by atoms with Crippen molar-refractivity contribution in [2.24, 2.45) is 0 Å². The highest BCUT2D eigenvalue weighted by Gasteiger charge is 2.32. The second-order valence-electron chi connectivity index (χ2n) is 5.74. The van der Waals surface area contributed by atoms with E-state index < -0.39 is 5.60 Å². The molecule has 1 saturated heterocycles. The lowest BCUT2D eigenvalue weighted by molar-refractivity contribution is -0.0471. The molecule has 106 valence electrons. The zero-order valence-corrected chi connectivity index (χ0v) is 12.1. The zero-order chi connectivity index (χ0) is 13.9. The summed E-state index contributed by atoms with van der Waals surface area (Å²) >= 11 is 0. The number of hydrogen-bond acceptors (Lipinski definition) is 4. The van der Waals surface area contributed by atoms with Gasteiger partial charge in [-0.1, -0.05) is 13.8 Å². The van der Waals surface area contributed by atoms with Crippen LogP contribution in [0, 0.1) is 0 Å². The summed E-state index contributed by atoms with van der Waals surface area (Å²) in [6.07, 6.45) is 3.43. The van der Waals surface area contributed by atoms with Gasteiger partial charge in [0.2, 0.25) is 0 Å². The van der Waals surface area contributed by atoms with Crippen molar-refractivity contribution < 1.29 is 9.84 Å². The zero-order valence-electron chi connectivity index (χ0n) is 12.1. The number of pyridine rings is 1. The molecule has 0 aliphatic carbocycles. The van der Waals surface area contributed by atoms with Gasteiger partial charge in [0.25, 0.3) is 0 Å². The maximum Gasteiger partial charge on any atom is 0.0913 e. The fourth-order valence-electron chi connectivity index (χ4n) is 2.52. The second kappa shape index (κ2) is 5.88. The molecule has 19 heavy (non-hydrogen) atoms. The van der Waals surface area contributed by atoms with E-state index in [0.717, 1.165) is 37.3 Å². The van der Waals surface area contributed by atoms with Crippen molar-refractivity contribution in [2.75, 3.05) is 31.7 Å². The molecule has 1 N–H and O–H groups in total. The Balaban J connectivity index is 1.97. The summed E-state index contributed by atoms with van der Waals surface area (Å²) in [4.78, 5) is 6.78. The van der Waals surface area contributed by atoms with Crippen molar-refractivity contribution in [1.29, 1.82) is 0 Å². The molecule has 0 amide bonds. The average molecular weight is 264 g/mol. The molecule has 2 heterocycles. The van der Waals surface area contributed by atoms with Crippen LogP contribution >= 0.6 is 0 Å². The third-order valence-electron chi connectivity index (χ3n) is 3.83. The summed E-state index contributed by atoms with van der Waals surface area (Å²) in [6.45, 7) is 6.41. The highest BCUT2D eigenvalue weighted by atomic mass is 16.5. The minimum absolute atomic E-state index is 0.422. The van der Waals surface area contributed by atoms with Gasteiger partial charge in [0, 0.05) is 25.9 Å². The number of piperidine rings is 1. The van der Waals surface area contributed by atoms with Gasteiger partial charge in [-0.2, -0.15) is 0 Å². The lowest BCUT2D eigenvalue weighted by Crippen LogP contribution is -2.47. The van der Waals surface area contributed by atoms with Gasteiger partial charge in [-0.3, -0.25) is 4.98 Å². The van der Waals surface area contributed by atoms with Crippen LogP contribution in [0.5, 0.6) is 0 Å². The van der Waals surface area contributed by atoms with Crippen molar-refractivity contribution in [1.82, 2.24) is 4.98 Å². The van der Waals surface area contributed by atoms with E-state index in [-0.39, 0.29) is 0 Å². The van der Waals surface area contributed by atoms with Gasteiger partial charge in [-0.05, 0) is 30.9 Å². The molecular weight excluding hydrogens is 240 g/mol. The van der Waals surface area contributed by atoms with Gasteiger partial charge in [-0.25, -0.2) is 0 Å². The largest absolute Gasteiger partial charge is 0.387 e. The average Bonchev–Trinajstić information content (AvgIpc) is 2.40. The van der Waals surface area contributed by atoms with Crippen LogP contribution in [0.3, 0.4) is 0 Å². The molecule has 0 saturated carbocycles. The molecule has 0 radical (unpaired) electrons. The monoisotopic (exact) mass is 264 g/mol. The van der Waals surface area contributed by atoms with Gasteiger partial charge < -0.3 is 14.7 Å². The molecule has 1 aromatic heterocycles. The molecule has 2 rings (SSSR count). The summed E-state index contributed by atoms with van der Waals surface area (Å²) in [5, 5.41) is 10.3.